The lowest BCUT2D eigenvalue weighted by molar-refractivity contribution is -0.152. The largest absolute Gasteiger partial charge is 0.393 e. The van der Waals surface area contributed by atoms with E-state index in [0.29, 0.717) is 5.57 Å². The maximum absolute atomic E-state index is 9.53. The summed E-state index contributed by atoms with van der Waals surface area (Å²) in [7, 11) is 5.17. The molecule has 0 aromatic heterocycles. The Bertz CT molecular complexity index is 194. The van der Waals surface area contributed by atoms with E-state index in [4.69, 9.17) is 17.7 Å². The van der Waals surface area contributed by atoms with Gasteiger partial charge < -0.3 is 20.1 Å². The van der Waals surface area contributed by atoms with Crippen LogP contribution in [-0.4, -0.2) is 54.7 Å². The molecular weight excluding hydrogens is 159 g/mol. The first-order valence-corrected chi connectivity index (χ1v) is 3.64. The van der Waals surface area contributed by atoms with Gasteiger partial charge in [-0.1, -0.05) is 0 Å². The SMILES string of the molecule is [B]/C=C1/COCC(O)(CO)C1O. The normalized spacial score (nSPS) is 40.2. The van der Waals surface area contributed by atoms with Crippen molar-refractivity contribution in [3.05, 3.63) is 11.5 Å². The molecule has 66 valence electrons. The van der Waals surface area contributed by atoms with E-state index >= 15 is 0 Å². The van der Waals surface area contributed by atoms with Gasteiger partial charge in [0.2, 0.25) is 0 Å². The molecule has 4 nitrogen and oxygen atoms in total. The fourth-order valence-corrected chi connectivity index (χ4v) is 1.12. The number of hydrogen-bond donors (Lipinski definition) is 3. The van der Waals surface area contributed by atoms with Crippen molar-refractivity contribution < 1.29 is 20.1 Å². The molecule has 0 saturated carbocycles. The molecule has 1 fully saturated rings. The molecule has 2 atom stereocenters. The van der Waals surface area contributed by atoms with E-state index in [-0.39, 0.29) is 13.2 Å². The van der Waals surface area contributed by atoms with Crippen molar-refractivity contribution in [3.63, 3.8) is 0 Å². The first-order chi connectivity index (χ1) is 5.64. The van der Waals surface area contributed by atoms with Crippen molar-refractivity contribution in [2.45, 2.75) is 11.7 Å². The molecule has 5 heteroatoms. The van der Waals surface area contributed by atoms with Gasteiger partial charge in [0.1, 0.15) is 19.6 Å². The zero-order chi connectivity index (χ0) is 9.19. The number of aliphatic hydroxyl groups is 3. The summed E-state index contributed by atoms with van der Waals surface area (Å²) in [5.74, 6) is 1.18. The lowest BCUT2D eigenvalue weighted by atomic mass is 9.87. The summed E-state index contributed by atoms with van der Waals surface area (Å²) in [6.45, 7) is -0.437. The summed E-state index contributed by atoms with van der Waals surface area (Å²) >= 11 is 0. The lowest BCUT2D eigenvalue weighted by Crippen LogP contribution is -2.54. The van der Waals surface area contributed by atoms with E-state index in [1.54, 1.807) is 0 Å². The van der Waals surface area contributed by atoms with Gasteiger partial charge in [0, 0.05) is 0 Å². The fraction of sp³-hybridized carbons (Fsp3) is 0.714. The van der Waals surface area contributed by atoms with E-state index in [2.05, 4.69) is 0 Å². The third-order valence-corrected chi connectivity index (χ3v) is 1.97. The molecule has 0 aromatic carbocycles. The standard InChI is InChI=1S/C7H11BO4/c8-1-5-2-12-4-7(11,3-9)6(5)10/h1,6,9-11H,2-4H2/b5-1-. The highest BCUT2D eigenvalue weighted by Gasteiger charge is 2.40. The Morgan fingerprint density at radius 3 is 2.92 bits per heavy atom. The topological polar surface area (TPSA) is 69.9 Å². The Kier molecular flexibility index (Phi) is 2.90. The molecule has 1 heterocycles. The molecule has 0 aromatic rings. The molecule has 0 bridgehead atoms. The predicted molar refractivity (Wildman–Crippen MR) is 42.7 cm³/mol. The summed E-state index contributed by atoms with van der Waals surface area (Å²) in [5, 5.41) is 27.8. The second kappa shape index (κ2) is 3.57. The molecular formula is C7H11BO4. The molecule has 1 aliphatic heterocycles. The fourth-order valence-electron chi connectivity index (χ4n) is 1.12. The van der Waals surface area contributed by atoms with Crippen LogP contribution in [0, 0.1) is 0 Å². The Balaban J connectivity index is 2.79. The Morgan fingerprint density at radius 2 is 2.42 bits per heavy atom. The van der Waals surface area contributed by atoms with Crippen LogP contribution in [0.25, 0.3) is 0 Å². The smallest absolute Gasteiger partial charge is 0.140 e. The first kappa shape index (κ1) is 9.73. The van der Waals surface area contributed by atoms with Crippen LogP contribution in [0.2, 0.25) is 0 Å². The van der Waals surface area contributed by atoms with Crippen molar-refractivity contribution in [1.29, 1.82) is 0 Å². The van der Waals surface area contributed by atoms with Gasteiger partial charge in [-0.05, 0) is 5.57 Å². The maximum Gasteiger partial charge on any atom is 0.140 e. The van der Waals surface area contributed by atoms with Gasteiger partial charge >= 0.3 is 0 Å². The van der Waals surface area contributed by atoms with Crippen molar-refractivity contribution in [3.8, 4) is 0 Å². The second-order valence-corrected chi connectivity index (χ2v) is 2.90. The van der Waals surface area contributed by atoms with Crippen molar-refractivity contribution in [2.24, 2.45) is 0 Å². The summed E-state index contributed by atoms with van der Waals surface area (Å²) < 4.78 is 4.93. The zero-order valence-corrected chi connectivity index (χ0v) is 6.60. The molecule has 12 heavy (non-hydrogen) atoms. The first-order valence-electron chi connectivity index (χ1n) is 3.64. The molecule has 1 aliphatic rings. The zero-order valence-electron chi connectivity index (χ0n) is 6.60. The minimum Gasteiger partial charge on any atom is -0.393 e. The van der Waals surface area contributed by atoms with Crippen LogP contribution in [0.1, 0.15) is 0 Å². The molecule has 0 spiro atoms. The molecule has 0 amide bonds. The molecule has 2 unspecified atom stereocenters. The van der Waals surface area contributed by atoms with E-state index in [9.17, 15) is 10.2 Å². The van der Waals surface area contributed by atoms with Crippen LogP contribution in [0.15, 0.2) is 11.5 Å². The highest BCUT2D eigenvalue weighted by Crippen LogP contribution is 2.22. The Labute approximate surface area is 71.9 Å². The van der Waals surface area contributed by atoms with Crippen LogP contribution in [0.4, 0.5) is 0 Å². The molecule has 3 N–H and O–H groups in total. The average molecular weight is 170 g/mol. The Hall–Kier alpha value is -0.355. The summed E-state index contributed by atoms with van der Waals surface area (Å²) in [6, 6.07) is 0. The van der Waals surface area contributed by atoms with Gasteiger partial charge in [0.05, 0.1) is 19.8 Å². The third-order valence-electron chi connectivity index (χ3n) is 1.97. The van der Waals surface area contributed by atoms with Crippen molar-refractivity contribution in [2.75, 3.05) is 19.8 Å². The predicted octanol–water partition coefficient (Wildman–Crippen LogP) is -1.85. The summed E-state index contributed by atoms with van der Waals surface area (Å²) in [4.78, 5) is 0. The average Bonchev–Trinajstić information content (AvgIpc) is 2.10. The van der Waals surface area contributed by atoms with Gasteiger partial charge in [-0.25, -0.2) is 0 Å². The molecule has 0 aliphatic carbocycles. The van der Waals surface area contributed by atoms with Crippen molar-refractivity contribution in [1.82, 2.24) is 0 Å². The monoisotopic (exact) mass is 170 g/mol. The quantitative estimate of drug-likeness (QED) is 0.404. The van der Waals surface area contributed by atoms with Crippen LogP contribution in [0.5, 0.6) is 0 Å². The van der Waals surface area contributed by atoms with E-state index in [0.717, 1.165) is 0 Å². The minimum atomic E-state index is -1.61. The lowest BCUT2D eigenvalue weighted by Gasteiger charge is -2.36. The molecule has 2 radical (unpaired) electrons. The summed E-state index contributed by atoms with van der Waals surface area (Å²) in [5.41, 5.74) is -1.22. The summed E-state index contributed by atoms with van der Waals surface area (Å²) in [6.07, 6.45) is -1.14. The van der Waals surface area contributed by atoms with Crippen LogP contribution in [-0.2, 0) is 4.74 Å². The van der Waals surface area contributed by atoms with Crippen LogP contribution < -0.4 is 0 Å². The number of hydrogen-bond acceptors (Lipinski definition) is 4. The minimum absolute atomic E-state index is 0.0813. The highest BCUT2D eigenvalue weighted by molar-refractivity contribution is 6.17. The second-order valence-electron chi connectivity index (χ2n) is 2.90. The third kappa shape index (κ3) is 1.54. The van der Waals surface area contributed by atoms with Crippen molar-refractivity contribution >= 4 is 7.85 Å². The molecule has 1 rings (SSSR count). The van der Waals surface area contributed by atoms with E-state index in [1.807, 2.05) is 0 Å². The molecule has 1 saturated heterocycles. The van der Waals surface area contributed by atoms with Gasteiger partial charge in [0.25, 0.3) is 0 Å². The van der Waals surface area contributed by atoms with E-state index in [1.165, 1.54) is 5.98 Å². The van der Waals surface area contributed by atoms with Gasteiger partial charge in [-0.3, -0.25) is 0 Å². The highest BCUT2D eigenvalue weighted by atomic mass is 16.5. The van der Waals surface area contributed by atoms with Gasteiger partial charge in [-0.15, -0.1) is 5.98 Å². The number of rotatable bonds is 1. The number of aliphatic hydroxyl groups excluding tert-OH is 2. The van der Waals surface area contributed by atoms with Crippen LogP contribution >= 0.6 is 0 Å². The maximum atomic E-state index is 9.53. The Morgan fingerprint density at radius 1 is 1.75 bits per heavy atom. The van der Waals surface area contributed by atoms with E-state index < -0.39 is 18.3 Å². The number of ether oxygens (including phenoxy) is 1. The van der Waals surface area contributed by atoms with Gasteiger partial charge in [0.15, 0.2) is 0 Å². The van der Waals surface area contributed by atoms with Gasteiger partial charge in [-0.2, -0.15) is 0 Å². The van der Waals surface area contributed by atoms with Crippen LogP contribution in [0.3, 0.4) is 0 Å².